The van der Waals surface area contributed by atoms with E-state index in [9.17, 15) is 4.79 Å². The second-order valence-electron chi connectivity index (χ2n) is 7.65. The summed E-state index contributed by atoms with van der Waals surface area (Å²) in [6, 6.07) is 7.95. The SMILES string of the molecule is CCC(C)CC=CCc1cc2cc(NC(=O)OC(C)(C)C)ccc2[nH]1. The smallest absolute Gasteiger partial charge is 0.412 e. The van der Waals surface area contributed by atoms with Gasteiger partial charge in [0.05, 0.1) is 0 Å². The zero-order valence-corrected chi connectivity index (χ0v) is 16.0. The summed E-state index contributed by atoms with van der Waals surface area (Å²) in [5.74, 6) is 0.737. The van der Waals surface area contributed by atoms with Gasteiger partial charge in [-0.2, -0.15) is 0 Å². The van der Waals surface area contributed by atoms with Crippen LogP contribution in [-0.4, -0.2) is 16.7 Å². The van der Waals surface area contributed by atoms with Gasteiger partial charge in [0.1, 0.15) is 5.60 Å². The maximum atomic E-state index is 11.9. The molecule has 1 amide bonds. The van der Waals surface area contributed by atoms with E-state index in [0.29, 0.717) is 0 Å². The van der Waals surface area contributed by atoms with Crippen LogP contribution in [0.25, 0.3) is 10.9 Å². The summed E-state index contributed by atoms with van der Waals surface area (Å²) in [5.41, 5.74) is 2.47. The summed E-state index contributed by atoms with van der Waals surface area (Å²) >= 11 is 0. The first-order valence-electron chi connectivity index (χ1n) is 9.03. The first-order valence-corrected chi connectivity index (χ1v) is 9.03. The second kappa shape index (κ2) is 8.24. The number of allylic oxidation sites excluding steroid dienone is 2. The summed E-state index contributed by atoms with van der Waals surface area (Å²) in [6.45, 7) is 10.0. The van der Waals surface area contributed by atoms with Crippen molar-refractivity contribution in [3.05, 3.63) is 42.1 Å². The highest BCUT2D eigenvalue weighted by Crippen LogP contribution is 2.21. The number of amides is 1. The number of ether oxygens (including phenoxy) is 1. The van der Waals surface area contributed by atoms with Gasteiger partial charge in [-0.3, -0.25) is 5.32 Å². The third-order valence-electron chi connectivity index (χ3n) is 4.06. The lowest BCUT2D eigenvalue weighted by Gasteiger charge is -2.19. The van der Waals surface area contributed by atoms with Gasteiger partial charge in [0.2, 0.25) is 0 Å². The molecule has 2 N–H and O–H groups in total. The number of fused-ring (bicyclic) bond motifs is 1. The molecule has 1 heterocycles. The molecular weight excluding hydrogens is 312 g/mol. The maximum Gasteiger partial charge on any atom is 0.412 e. The molecule has 1 aromatic carbocycles. The number of rotatable bonds is 6. The fourth-order valence-corrected chi connectivity index (χ4v) is 2.51. The Morgan fingerprint density at radius 3 is 2.72 bits per heavy atom. The monoisotopic (exact) mass is 342 g/mol. The molecule has 1 aromatic heterocycles. The van der Waals surface area contributed by atoms with Crippen molar-refractivity contribution in [3.8, 4) is 0 Å². The van der Waals surface area contributed by atoms with Gasteiger partial charge in [0.15, 0.2) is 0 Å². The number of benzene rings is 1. The number of carbonyl (C=O) groups is 1. The van der Waals surface area contributed by atoms with Crippen LogP contribution in [0.15, 0.2) is 36.4 Å². The standard InChI is InChI=1S/C21H30N2O2/c1-6-15(2)9-7-8-10-17-13-16-14-18(11-12-19(16)22-17)23-20(24)25-21(3,4)5/h7-8,11-15,22H,6,9-10H2,1-5H3,(H,23,24). The van der Waals surface area contributed by atoms with Gasteiger partial charge in [-0.15, -0.1) is 0 Å². The van der Waals surface area contributed by atoms with Gasteiger partial charge in [-0.05, 0) is 57.4 Å². The van der Waals surface area contributed by atoms with Crippen molar-refractivity contribution in [2.75, 3.05) is 5.32 Å². The Labute approximate surface area is 150 Å². The Morgan fingerprint density at radius 1 is 1.28 bits per heavy atom. The molecule has 0 spiro atoms. The molecule has 0 aliphatic heterocycles. The van der Waals surface area contributed by atoms with Gasteiger partial charge in [-0.25, -0.2) is 4.79 Å². The third-order valence-corrected chi connectivity index (χ3v) is 4.06. The van der Waals surface area contributed by atoms with Crippen LogP contribution in [0.3, 0.4) is 0 Å². The minimum Gasteiger partial charge on any atom is -0.444 e. The van der Waals surface area contributed by atoms with Gasteiger partial charge in [-0.1, -0.05) is 32.4 Å². The molecule has 0 fully saturated rings. The summed E-state index contributed by atoms with van der Waals surface area (Å²) in [4.78, 5) is 15.3. The van der Waals surface area contributed by atoms with Crippen molar-refractivity contribution >= 4 is 22.7 Å². The second-order valence-corrected chi connectivity index (χ2v) is 7.65. The van der Waals surface area contributed by atoms with Crippen LogP contribution in [-0.2, 0) is 11.2 Å². The largest absolute Gasteiger partial charge is 0.444 e. The molecule has 1 unspecified atom stereocenters. The molecule has 2 rings (SSSR count). The molecular formula is C21H30N2O2. The molecule has 0 bridgehead atoms. The molecule has 2 aromatic rings. The summed E-state index contributed by atoms with van der Waals surface area (Å²) < 4.78 is 5.29. The fraction of sp³-hybridized carbons (Fsp3) is 0.476. The molecule has 4 nitrogen and oxygen atoms in total. The van der Waals surface area contributed by atoms with Gasteiger partial charge < -0.3 is 9.72 Å². The number of anilines is 1. The average Bonchev–Trinajstić information content (AvgIpc) is 2.91. The van der Waals surface area contributed by atoms with Crippen molar-refractivity contribution in [3.63, 3.8) is 0 Å². The van der Waals surface area contributed by atoms with E-state index in [4.69, 9.17) is 4.74 Å². The fourth-order valence-electron chi connectivity index (χ4n) is 2.51. The zero-order chi connectivity index (χ0) is 18.4. The normalized spacial score (nSPS) is 13.3. The van der Waals surface area contributed by atoms with E-state index >= 15 is 0 Å². The average molecular weight is 342 g/mol. The highest BCUT2D eigenvalue weighted by Gasteiger charge is 2.16. The number of H-pyrrole nitrogens is 1. The number of hydrogen-bond donors (Lipinski definition) is 2. The minimum atomic E-state index is -0.503. The molecule has 0 saturated heterocycles. The van der Waals surface area contributed by atoms with Crippen LogP contribution in [0.1, 0.15) is 53.2 Å². The molecule has 0 aliphatic carbocycles. The number of aromatic amines is 1. The van der Waals surface area contributed by atoms with E-state index in [1.165, 1.54) is 12.1 Å². The first kappa shape index (κ1) is 19.1. The van der Waals surface area contributed by atoms with Gasteiger partial charge in [0, 0.05) is 28.7 Å². The topological polar surface area (TPSA) is 54.1 Å². The zero-order valence-electron chi connectivity index (χ0n) is 16.0. The Kier molecular flexibility index (Phi) is 6.29. The summed E-state index contributed by atoms with van der Waals surface area (Å²) in [5, 5.41) is 3.86. The molecule has 0 aliphatic rings. The molecule has 0 saturated carbocycles. The Balaban J connectivity index is 2.00. The van der Waals surface area contributed by atoms with Gasteiger partial charge >= 0.3 is 6.09 Å². The first-order chi connectivity index (χ1) is 11.8. The lowest BCUT2D eigenvalue weighted by molar-refractivity contribution is 0.0636. The predicted molar refractivity (Wildman–Crippen MR) is 105 cm³/mol. The number of nitrogens with one attached hydrogen (secondary N) is 2. The van der Waals surface area contributed by atoms with Crippen LogP contribution in [0.5, 0.6) is 0 Å². The van der Waals surface area contributed by atoms with Crippen LogP contribution in [0, 0.1) is 5.92 Å². The van der Waals surface area contributed by atoms with Crippen LogP contribution >= 0.6 is 0 Å². The van der Waals surface area contributed by atoms with Crippen LogP contribution in [0.4, 0.5) is 10.5 Å². The van der Waals surface area contributed by atoms with Crippen molar-refractivity contribution in [2.45, 2.75) is 59.5 Å². The number of carbonyl (C=O) groups excluding carboxylic acids is 1. The van der Waals surface area contributed by atoms with Crippen LogP contribution in [0.2, 0.25) is 0 Å². The third kappa shape index (κ3) is 6.29. The quantitative estimate of drug-likeness (QED) is 0.628. The molecule has 25 heavy (non-hydrogen) atoms. The van der Waals surface area contributed by atoms with E-state index in [1.54, 1.807) is 0 Å². The van der Waals surface area contributed by atoms with Gasteiger partial charge in [0.25, 0.3) is 0 Å². The maximum absolute atomic E-state index is 11.9. The Hall–Kier alpha value is -2.23. The van der Waals surface area contributed by atoms with E-state index in [1.807, 2.05) is 39.0 Å². The van der Waals surface area contributed by atoms with E-state index < -0.39 is 11.7 Å². The van der Waals surface area contributed by atoms with E-state index in [2.05, 4.69) is 42.4 Å². The highest BCUT2D eigenvalue weighted by atomic mass is 16.6. The summed E-state index contributed by atoms with van der Waals surface area (Å²) in [6.07, 6.45) is 7.27. The summed E-state index contributed by atoms with van der Waals surface area (Å²) in [7, 11) is 0. The van der Waals surface area contributed by atoms with Crippen molar-refractivity contribution in [2.24, 2.45) is 5.92 Å². The lowest BCUT2D eigenvalue weighted by Crippen LogP contribution is -2.27. The predicted octanol–water partition coefficient (Wildman–Crippen LogP) is 6.05. The lowest BCUT2D eigenvalue weighted by atomic mass is 10.0. The Morgan fingerprint density at radius 2 is 2.04 bits per heavy atom. The molecule has 0 radical (unpaired) electrons. The van der Waals surface area contributed by atoms with Crippen LogP contribution < -0.4 is 5.32 Å². The Bertz CT molecular complexity index is 738. The molecule has 1 atom stereocenters. The van der Waals surface area contributed by atoms with Crippen molar-refractivity contribution < 1.29 is 9.53 Å². The molecule has 4 heteroatoms. The van der Waals surface area contributed by atoms with E-state index in [-0.39, 0.29) is 0 Å². The molecule has 136 valence electrons. The highest BCUT2D eigenvalue weighted by molar-refractivity contribution is 5.90. The minimum absolute atomic E-state index is 0.435. The van der Waals surface area contributed by atoms with Crippen molar-refractivity contribution in [1.82, 2.24) is 4.98 Å². The van der Waals surface area contributed by atoms with Crippen molar-refractivity contribution in [1.29, 1.82) is 0 Å². The van der Waals surface area contributed by atoms with E-state index in [0.717, 1.165) is 35.3 Å². The number of hydrogen-bond acceptors (Lipinski definition) is 2. The number of aromatic nitrogens is 1.